The molecule has 2 atom stereocenters. The third-order valence-corrected chi connectivity index (χ3v) is 4.66. The van der Waals surface area contributed by atoms with Crippen LogP contribution in [0.2, 0.25) is 5.02 Å². The Labute approximate surface area is 123 Å². The van der Waals surface area contributed by atoms with Gasteiger partial charge in [-0.05, 0) is 55.0 Å². The van der Waals surface area contributed by atoms with Gasteiger partial charge in [-0.15, -0.1) is 0 Å². The summed E-state index contributed by atoms with van der Waals surface area (Å²) in [6.45, 7) is 4.35. The molecule has 2 unspecified atom stereocenters. The molecule has 0 aromatic heterocycles. The van der Waals surface area contributed by atoms with E-state index in [9.17, 15) is 0 Å². The Hall–Kier alpha value is -0.0500. The summed E-state index contributed by atoms with van der Waals surface area (Å²) in [6.07, 6.45) is 5.56. The summed E-state index contributed by atoms with van der Waals surface area (Å²) >= 11 is 9.67. The van der Waals surface area contributed by atoms with E-state index in [1.807, 2.05) is 12.1 Å². The molecule has 0 aliphatic heterocycles. The summed E-state index contributed by atoms with van der Waals surface area (Å²) in [5.74, 6) is 1.75. The Balaban J connectivity index is 1.79. The lowest BCUT2D eigenvalue weighted by molar-refractivity contribution is 0.274. The van der Waals surface area contributed by atoms with Crippen molar-refractivity contribution in [1.82, 2.24) is 5.32 Å². The third-order valence-electron chi connectivity index (χ3n) is 3.80. The van der Waals surface area contributed by atoms with E-state index in [1.54, 1.807) is 0 Å². The lowest BCUT2D eigenvalue weighted by atomic mass is 9.82. The van der Waals surface area contributed by atoms with E-state index in [-0.39, 0.29) is 0 Å². The average Bonchev–Trinajstić information content (AvgIpc) is 2.34. The fraction of sp³-hybridized carbons (Fsp3) is 0.600. The molecule has 100 valence electrons. The van der Waals surface area contributed by atoms with Gasteiger partial charge in [-0.2, -0.15) is 0 Å². The summed E-state index contributed by atoms with van der Waals surface area (Å²) in [5, 5.41) is 4.40. The highest BCUT2D eigenvalue weighted by atomic mass is 79.9. The van der Waals surface area contributed by atoms with E-state index in [0.717, 1.165) is 34.4 Å². The van der Waals surface area contributed by atoms with Crippen LogP contribution in [0.5, 0.6) is 0 Å². The minimum atomic E-state index is 0.847. The molecular weight excluding hydrogens is 310 g/mol. The molecule has 1 aliphatic rings. The van der Waals surface area contributed by atoms with Crippen LogP contribution in [-0.2, 0) is 6.54 Å². The Morgan fingerprint density at radius 1 is 1.39 bits per heavy atom. The monoisotopic (exact) mass is 329 g/mol. The first-order valence-corrected chi connectivity index (χ1v) is 7.97. The molecule has 18 heavy (non-hydrogen) atoms. The number of hydrogen-bond donors (Lipinski definition) is 1. The van der Waals surface area contributed by atoms with Crippen molar-refractivity contribution in [2.75, 3.05) is 6.54 Å². The maximum absolute atomic E-state index is 6.18. The summed E-state index contributed by atoms with van der Waals surface area (Å²) < 4.78 is 1.09. The predicted molar refractivity (Wildman–Crippen MR) is 82.0 cm³/mol. The van der Waals surface area contributed by atoms with Crippen molar-refractivity contribution in [2.24, 2.45) is 11.8 Å². The van der Waals surface area contributed by atoms with E-state index >= 15 is 0 Å². The van der Waals surface area contributed by atoms with Gasteiger partial charge in [-0.3, -0.25) is 0 Å². The van der Waals surface area contributed by atoms with Gasteiger partial charge in [0.2, 0.25) is 0 Å². The van der Waals surface area contributed by atoms with Crippen molar-refractivity contribution >= 4 is 27.5 Å². The van der Waals surface area contributed by atoms with Crippen LogP contribution in [-0.4, -0.2) is 6.54 Å². The molecule has 0 amide bonds. The van der Waals surface area contributed by atoms with Crippen molar-refractivity contribution in [3.8, 4) is 0 Å². The molecule has 3 heteroatoms. The second-order valence-electron chi connectivity index (χ2n) is 5.50. The highest BCUT2D eigenvalue weighted by Gasteiger charge is 2.18. The second kappa shape index (κ2) is 6.93. The van der Waals surface area contributed by atoms with Crippen LogP contribution in [0.15, 0.2) is 22.7 Å². The quantitative estimate of drug-likeness (QED) is 0.817. The summed E-state index contributed by atoms with van der Waals surface area (Å²) in [6, 6.07) is 6.03. The fourth-order valence-corrected chi connectivity index (χ4v) is 3.43. The number of halogens is 2. The average molecular weight is 331 g/mol. The molecule has 0 spiro atoms. The molecule has 1 fully saturated rings. The van der Waals surface area contributed by atoms with E-state index < -0.39 is 0 Å². The van der Waals surface area contributed by atoms with Crippen molar-refractivity contribution in [2.45, 2.75) is 39.2 Å². The van der Waals surface area contributed by atoms with Crippen LogP contribution in [0.1, 0.15) is 38.2 Å². The van der Waals surface area contributed by atoms with E-state index in [1.165, 1.54) is 31.2 Å². The predicted octanol–water partition coefficient (Wildman–Crippen LogP) is 5.02. The van der Waals surface area contributed by atoms with Crippen LogP contribution >= 0.6 is 27.5 Å². The van der Waals surface area contributed by atoms with Gasteiger partial charge in [0.05, 0.1) is 0 Å². The molecule has 1 aromatic rings. The van der Waals surface area contributed by atoms with Gasteiger partial charge in [0.15, 0.2) is 0 Å². The second-order valence-corrected chi connectivity index (χ2v) is 6.83. The standard InChI is InChI=1S/C15H21BrClN/c1-11-3-2-4-12(7-11)9-18-10-13-8-14(16)5-6-15(13)17/h5-6,8,11-12,18H,2-4,7,9-10H2,1H3. The molecule has 2 rings (SSSR count). The zero-order chi connectivity index (χ0) is 13.0. The van der Waals surface area contributed by atoms with Crippen LogP contribution in [0, 0.1) is 11.8 Å². The van der Waals surface area contributed by atoms with Crippen LogP contribution in [0.3, 0.4) is 0 Å². The lowest BCUT2D eigenvalue weighted by Gasteiger charge is -2.26. The molecule has 1 nitrogen and oxygen atoms in total. The molecule has 1 N–H and O–H groups in total. The number of rotatable bonds is 4. The summed E-state index contributed by atoms with van der Waals surface area (Å²) in [7, 11) is 0. The molecule has 0 saturated heterocycles. The highest BCUT2D eigenvalue weighted by molar-refractivity contribution is 9.10. The van der Waals surface area contributed by atoms with E-state index in [0.29, 0.717) is 0 Å². The zero-order valence-corrected chi connectivity index (χ0v) is 13.2. The van der Waals surface area contributed by atoms with Crippen molar-refractivity contribution in [1.29, 1.82) is 0 Å². The maximum Gasteiger partial charge on any atom is 0.0451 e. The van der Waals surface area contributed by atoms with Gasteiger partial charge in [-0.25, -0.2) is 0 Å². The normalized spacial score (nSPS) is 24.2. The van der Waals surface area contributed by atoms with Gasteiger partial charge in [0.25, 0.3) is 0 Å². The topological polar surface area (TPSA) is 12.0 Å². The molecule has 1 aromatic carbocycles. The largest absolute Gasteiger partial charge is 0.312 e. The first-order valence-electron chi connectivity index (χ1n) is 6.80. The Morgan fingerprint density at radius 3 is 3.00 bits per heavy atom. The fourth-order valence-electron chi connectivity index (χ4n) is 2.83. The van der Waals surface area contributed by atoms with Crippen molar-refractivity contribution in [3.05, 3.63) is 33.3 Å². The Morgan fingerprint density at radius 2 is 2.22 bits per heavy atom. The van der Waals surface area contributed by atoms with Gasteiger partial charge in [0.1, 0.15) is 0 Å². The highest BCUT2D eigenvalue weighted by Crippen LogP contribution is 2.28. The van der Waals surface area contributed by atoms with Gasteiger partial charge in [0, 0.05) is 16.0 Å². The summed E-state index contributed by atoms with van der Waals surface area (Å²) in [4.78, 5) is 0. The molecule has 1 saturated carbocycles. The maximum atomic E-state index is 6.18. The Kier molecular flexibility index (Phi) is 5.53. The van der Waals surface area contributed by atoms with Crippen LogP contribution in [0.25, 0.3) is 0 Å². The minimum Gasteiger partial charge on any atom is -0.312 e. The third kappa shape index (κ3) is 4.25. The van der Waals surface area contributed by atoms with Crippen molar-refractivity contribution in [3.63, 3.8) is 0 Å². The van der Waals surface area contributed by atoms with Gasteiger partial charge >= 0.3 is 0 Å². The smallest absolute Gasteiger partial charge is 0.0451 e. The lowest BCUT2D eigenvalue weighted by Crippen LogP contribution is -2.26. The molecule has 0 bridgehead atoms. The van der Waals surface area contributed by atoms with E-state index in [4.69, 9.17) is 11.6 Å². The Bertz CT molecular complexity index is 394. The summed E-state index contributed by atoms with van der Waals surface area (Å²) in [5.41, 5.74) is 1.18. The number of benzene rings is 1. The molecular formula is C15H21BrClN. The number of nitrogens with one attached hydrogen (secondary N) is 1. The first kappa shape index (κ1) is 14.4. The molecule has 0 heterocycles. The first-order chi connectivity index (χ1) is 8.65. The van der Waals surface area contributed by atoms with Crippen LogP contribution < -0.4 is 5.32 Å². The van der Waals surface area contributed by atoms with Gasteiger partial charge in [-0.1, -0.05) is 47.3 Å². The van der Waals surface area contributed by atoms with Crippen molar-refractivity contribution < 1.29 is 0 Å². The molecule has 0 radical (unpaired) electrons. The van der Waals surface area contributed by atoms with E-state index in [2.05, 4.69) is 34.2 Å². The van der Waals surface area contributed by atoms with Gasteiger partial charge < -0.3 is 5.32 Å². The molecule has 1 aliphatic carbocycles. The zero-order valence-electron chi connectivity index (χ0n) is 10.9. The minimum absolute atomic E-state index is 0.847. The number of hydrogen-bond acceptors (Lipinski definition) is 1. The SMILES string of the molecule is CC1CCCC(CNCc2cc(Br)ccc2Cl)C1. The van der Waals surface area contributed by atoms with Crippen LogP contribution in [0.4, 0.5) is 0 Å².